The van der Waals surface area contributed by atoms with Gasteiger partial charge >= 0.3 is 0 Å². The Morgan fingerprint density at radius 3 is 3.05 bits per heavy atom. The molecule has 0 spiro atoms. The van der Waals surface area contributed by atoms with Crippen molar-refractivity contribution < 1.29 is 9.18 Å². The summed E-state index contributed by atoms with van der Waals surface area (Å²) in [6.45, 7) is 3.64. The first kappa shape index (κ1) is 13.5. The van der Waals surface area contributed by atoms with E-state index in [9.17, 15) is 9.18 Å². The van der Waals surface area contributed by atoms with Gasteiger partial charge in [0.25, 0.3) is 5.91 Å². The molecule has 0 radical (unpaired) electrons. The fourth-order valence-corrected chi connectivity index (χ4v) is 3.82. The van der Waals surface area contributed by atoms with Crippen LogP contribution < -0.4 is 10.6 Å². The first-order valence-corrected chi connectivity index (χ1v) is 7.67. The molecule has 1 fully saturated rings. The van der Waals surface area contributed by atoms with Crippen LogP contribution in [0.15, 0.2) is 18.2 Å². The summed E-state index contributed by atoms with van der Waals surface area (Å²) < 4.78 is 14.7. The zero-order chi connectivity index (χ0) is 14.1. The lowest BCUT2D eigenvalue weighted by atomic mass is 10.1. The molecule has 3 nitrogen and oxygen atoms in total. The van der Waals surface area contributed by atoms with Crippen LogP contribution in [0.2, 0.25) is 0 Å². The number of rotatable bonds is 2. The monoisotopic (exact) mass is 292 g/mol. The average molecular weight is 292 g/mol. The Hall–Kier alpha value is -1.46. The lowest BCUT2D eigenvalue weighted by Gasteiger charge is -2.23. The predicted octanol–water partition coefficient (Wildman–Crippen LogP) is 2.83. The molecule has 1 amide bonds. The molecule has 0 aliphatic carbocycles. The van der Waals surface area contributed by atoms with E-state index in [1.54, 1.807) is 6.07 Å². The normalized spacial score (nSPS) is 19.2. The van der Waals surface area contributed by atoms with Gasteiger partial charge in [-0.2, -0.15) is 0 Å². The summed E-state index contributed by atoms with van der Waals surface area (Å²) in [5, 5.41) is 6.89. The molecule has 0 unspecified atom stereocenters. The zero-order valence-electron chi connectivity index (χ0n) is 11.3. The summed E-state index contributed by atoms with van der Waals surface area (Å²) in [5.74, 6) is -0.341. The number of carbonyl (C=O) groups excluding carboxylic acids is 1. The minimum Gasteiger partial charge on any atom is -0.347 e. The van der Waals surface area contributed by atoms with Crippen molar-refractivity contribution in [3.8, 4) is 0 Å². The molecule has 1 aliphatic heterocycles. The van der Waals surface area contributed by atoms with E-state index in [4.69, 9.17) is 0 Å². The predicted molar refractivity (Wildman–Crippen MR) is 79.9 cm³/mol. The van der Waals surface area contributed by atoms with Crippen LogP contribution in [-0.4, -0.2) is 25.0 Å². The standard InChI is InChI=1S/C15H17FN2OS/c1-9-13-11(16)5-2-6-12(13)20-14(9)15(19)18-10-4-3-7-17-8-10/h2,5-6,10,17H,3-4,7-8H2,1H3,(H,18,19)/t10-/m0/s1. The van der Waals surface area contributed by atoms with Crippen LogP contribution in [0, 0.1) is 12.7 Å². The van der Waals surface area contributed by atoms with E-state index >= 15 is 0 Å². The van der Waals surface area contributed by atoms with Gasteiger partial charge in [0.1, 0.15) is 5.82 Å². The van der Waals surface area contributed by atoms with Gasteiger partial charge in [0.05, 0.1) is 4.88 Å². The van der Waals surface area contributed by atoms with Crippen LogP contribution in [-0.2, 0) is 0 Å². The molecule has 0 saturated carbocycles. The first-order valence-electron chi connectivity index (χ1n) is 6.86. The molecule has 3 rings (SSSR count). The van der Waals surface area contributed by atoms with Crippen LogP contribution in [0.5, 0.6) is 0 Å². The maximum atomic E-state index is 13.8. The van der Waals surface area contributed by atoms with Crippen molar-refractivity contribution in [3.63, 3.8) is 0 Å². The molecule has 1 saturated heterocycles. The van der Waals surface area contributed by atoms with Gasteiger partial charge in [0, 0.05) is 22.7 Å². The number of nitrogens with one attached hydrogen (secondary N) is 2. The number of piperidine rings is 1. The molecule has 106 valence electrons. The topological polar surface area (TPSA) is 41.1 Å². The largest absolute Gasteiger partial charge is 0.347 e. The fourth-order valence-electron chi connectivity index (χ4n) is 2.70. The number of amides is 1. The molecular weight excluding hydrogens is 275 g/mol. The first-order chi connectivity index (χ1) is 9.66. The van der Waals surface area contributed by atoms with E-state index in [-0.39, 0.29) is 17.8 Å². The Morgan fingerprint density at radius 1 is 1.50 bits per heavy atom. The lowest BCUT2D eigenvalue weighted by Crippen LogP contribution is -2.45. The maximum Gasteiger partial charge on any atom is 0.261 e. The van der Waals surface area contributed by atoms with Crippen molar-refractivity contribution in [2.45, 2.75) is 25.8 Å². The van der Waals surface area contributed by atoms with Crippen molar-refractivity contribution in [1.82, 2.24) is 10.6 Å². The molecule has 2 heterocycles. The van der Waals surface area contributed by atoms with Gasteiger partial charge in [-0.25, -0.2) is 4.39 Å². The number of hydrogen-bond donors (Lipinski definition) is 2. The lowest BCUT2D eigenvalue weighted by molar-refractivity contribution is 0.0934. The van der Waals surface area contributed by atoms with Crippen LogP contribution in [0.1, 0.15) is 28.1 Å². The maximum absolute atomic E-state index is 13.8. The van der Waals surface area contributed by atoms with Crippen molar-refractivity contribution in [2.75, 3.05) is 13.1 Å². The van der Waals surface area contributed by atoms with E-state index in [1.165, 1.54) is 17.4 Å². The summed E-state index contributed by atoms with van der Waals surface area (Å²) in [7, 11) is 0. The van der Waals surface area contributed by atoms with E-state index in [0.29, 0.717) is 10.3 Å². The van der Waals surface area contributed by atoms with Crippen molar-refractivity contribution in [2.24, 2.45) is 0 Å². The number of fused-ring (bicyclic) bond motifs is 1. The molecule has 1 aromatic carbocycles. The molecule has 20 heavy (non-hydrogen) atoms. The van der Waals surface area contributed by atoms with E-state index in [2.05, 4.69) is 10.6 Å². The number of carbonyl (C=O) groups is 1. The van der Waals surface area contributed by atoms with Gasteiger partial charge < -0.3 is 10.6 Å². The summed E-state index contributed by atoms with van der Waals surface area (Å²) in [5.41, 5.74) is 0.740. The Kier molecular flexibility index (Phi) is 3.72. The van der Waals surface area contributed by atoms with Gasteiger partial charge in [0.2, 0.25) is 0 Å². The smallest absolute Gasteiger partial charge is 0.261 e. The van der Waals surface area contributed by atoms with E-state index < -0.39 is 0 Å². The Labute approximate surface area is 121 Å². The summed E-state index contributed by atoms with van der Waals surface area (Å²) in [6, 6.07) is 5.15. The SMILES string of the molecule is Cc1c(C(=O)N[C@H]2CCCNC2)sc2cccc(F)c12. The fraction of sp³-hybridized carbons (Fsp3) is 0.400. The highest BCUT2D eigenvalue weighted by molar-refractivity contribution is 7.21. The summed E-state index contributed by atoms with van der Waals surface area (Å²) in [6.07, 6.45) is 2.07. The average Bonchev–Trinajstić information content (AvgIpc) is 2.79. The van der Waals surface area contributed by atoms with Gasteiger partial charge in [-0.1, -0.05) is 6.07 Å². The molecule has 1 atom stereocenters. The van der Waals surface area contributed by atoms with Crippen LogP contribution in [0.4, 0.5) is 4.39 Å². The molecule has 0 bridgehead atoms. The number of halogens is 1. The highest BCUT2D eigenvalue weighted by atomic mass is 32.1. The molecule has 1 aliphatic rings. The number of aryl methyl sites for hydroxylation is 1. The molecule has 1 aromatic heterocycles. The second-order valence-electron chi connectivity index (χ2n) is 5.19. The summed E-state index contributed by atoms with van der Waals surface area (Å²) in [4.78, 5) is 13.0. The van der Waals surface area contributed by atoms with Crippen molar-refractivity contribution in [1.29, 1.82) is 0 Å². The summed E-state index contributed by atoms with van der Waals surface area (Å²) >= 11 is 1.36. The van der Waals surface area contributed by atoms with Crippen molar-refractivity contribution >= 4 is 27.3 Å². The molecule has 2 N–H and O–H groups in total. The zero-order valence-corrected chi connectivity index (χ0v) is 12.1. The number of thiophene rings is 1. The Morgan fingerprint density at radius 2 is 2.35 bits per heavy atom. The van der Waals surface area contributed by atoms with Crippen molar-refractivity contribution in [3.05, 3.63) is 34.5 Å². The number of hydrogen-bond acceptors (Lipinski definition) is 3. The van der Waals surface area contributed by atoms with E-state index in [1.807, 2.05) is 13.0 Å². The van der Waals surface area contributed by atoms with Crippen LogP contribution >= 0.6 is 11.3 Å². The Balaban J connectivity index is 1.87. The van der Waals surface area contributed by atoms with E-state index in [0.717, 1.165) is 36.2 Å². The van der Waals surface area contributed by atoms with Gasteiger partial charge in [0.15, 0.2) is 0 Å². The number of benzene rings is 1. The molecule has 5 heteroatoms. The highest BCUT2D eigenvalue weighted by Gasteiger charge is 2.21. The van der Waals surface area contributed by atoms with Gasteiger partial charge in [-0.15, -0.1) is 11.3 Å². The third kappa shape index (κ3) is 2.43. The highest BCUT2D eigenvalue weighted by Crippen LogP contribution is 2.32. The van der Waals surface area contributed by atoms with Gasteiger partial charge in [-0.3, -0.25) is 4.79 Å². The Bertz CT molecular complexity index is 647. The van der Waals surface area contributed by atoms with Crippen LogP contribution in [0.3, 0.4) is 0 Å². The quantitative estimate of drug-likeness (QED) is 0.893. The van der Waals surface area contributed by atoms with Gasteiger partial charge in [-0.05, 0) is 44.0 Å². The third-order valence-corrected chi connectivity index (χ3v) is 5.00. The second kappa shape index (κ2) is 5.50. The third-order valence-electron chi connectivity index (χ3n) is 3.74. The minimum absolute atomic E-state index is 0.0863. The van der Waals surface area contributed by atoms with Crippen LogP contribution in [0.25, 0.3) is 10.1 Å². The minimum atomic E-state index is -0.255. The molecule has 2 aromatic rings. The second-order valence-corrected chi connectivity index (χ2v) is 6.24. The molecular formula is C15H17FN2OS.